The van der Waals surface area contributed by atoms with E-state index in [0.29, 0.717) is 13.1 Å². The van der Waals surface area contributed by atoms with E-state index in [1.807, 2.05) is 0 Å². The Morgan fingerprint density at radius 2 is 2.05 bits per heavy atom. The van der Waals surface area contributed by atoms with Gasteiger partial charge in [0.15, 0.2) is 0 Å². The smallest absolute Gasteiger partial charge is 0.301 e. The highest BCUT2D eigenvalue weighted by atomic mass is 32.2. The topological polar surface area (TPSA) is 69.6 Å². The maximum atomic E-state index is 13.2. The van der Waals surface area contributed by atoms with E-state index >= 15 is 0 Å². The number of anilines is 1. The highest BCUT2D eigenvalue weighted by molar-refractivity contribution is 7.90. The molecule has 2 N–H and O–H groups in total. The van der Waals surface area contributed by atoms with Crippen LogP contribution in [0.3, 0.4) is 0 Å². The summed E-state index contributed by atoms with van der Waals surface area (Å²) in [5.41, 5.74) is 0.404. The highest BCUT2D eigenvalue weighted by Crippen LogP contribution is 2.20. The molecule has 1 saturated heterocycles. The zero-order valence-corrected chi connectivity index (χ0v) is 11.6. The van der Waals surface area contributed by atoms with E-state index in [4.69, 9.17) is 5.11 Å². The van der Waals surface area contributed by atoms with Crippen molar-refractivity contribution in [3.63, 3.8) is 0 Å². The predicted molar refractivity (Wildman–Crippen MR) is 73.7 cm³/mol. The zero-order valence-electron chi connectivity index (χ0n) is 10.8. The van der Waals surface area contributed by atoms with Crippen LogP contribution in [0.1, 0.15) is 18.4 Å². The van der Waals surface area contributed by atoms with Gasteiger partial charge in [-0.15, -0.1) is 0 Å². The molecule has 1 fully saturated rings. The van der Waals surface area contributed by atoms with E-state index in [0.717, 1.165) is 25.0 Å². The van der Waals surface area contributed by atoms with Crippen LogP contribution >= 0.6 is 0 Å². The Kier molecular flexibility index (Phi) is 4.60. The number of benzene rings is 1. The molecule has 1 aromatic carbocycles. The summed E-state index contributed by atoms with van der Waals surface area (Å²) in [5.74, 6) is 4.39. The van der Waals surface area contributed by atoms with Crippen molar-refractivity contribution in [3.8, 4) is 11.8 Å². The van der Waals surface area contributed by atoms with Gasteiger partial charge in [-0.2, -0.15) is 12.7 Å². The second kappa shape index (κ2) is 6.22. The van der Waals surface area contributed by atoms with Gasteiger partial charge in [0.1, 0.15) is 12.4 Å². The molecule has 1 aliphatic rings. The average molecular weight is 298 g/mol. The van der Waals surface area contributed by atoms with Gasteiger partial charge >= 0.3 is 10.2 Å². The first-order valence-corrected chi connectivity index (χ1v) is 7.64. The number of aliphatic hydroxyl groups is 1. The fourth-order valence-corrected chi connectivity index (χ4v) is 3.30. The van der Waals surface area contributed by atoms with Crippen LogP contribution in [0.2, 0.25) is 0 Å². The van der Waals surface area contributed by atoms with Crippen molar-refractivity contribution in [1.29, 1.82) is 0 Å². The Labute approximate surface area is 117 Å². The third-order valence-electron chi connectivity index (χ3n) is 2.93. The molecule has 0 aliphatic carbocycles. The summed E-state index contributed by atoms with van der Waals surface area (Å²) in [5, 5.41) is 8.68. The Bertz CT molecular complexity index is 643. The van der Waals surface area contributed by atoms with E-state index in [1.165, 1.54) is 10.4 Å². The second-order valence-electron chi connectivity index (χ2n) is 4.36. The number of hydrogen-bond donors (Lipinski definition) is 2. The van der Waals surface area contributed by atoms with Gasteiger partial charge in [0.05, 0.1) is 11.3 Å². The van der Waals surface area contributed by atoms with Gasteiger partial charge < -0.3 is 5.11 Å². The lowest BCUT2D eigenvalue weighted by Crippen LogP contribution is -2.33. The van der Waals surface area contributed by atoms with E-state index in [-0.39, 0.29) is 17.9 Å². The molecule has 0 radical (unpaired) electrons. The molecular formula is C13H15FN2O3S. The van der Waals surface area contributed by atoms with Crippen LogP contribution in [0.4, 0.5) is 10.1 Å². The van der Waals surface area contributed by atoms with E-state index < -0.39 is 16.0 Å². The quantitative estimate of drug-likeness (QED) is 0.815. The Balaban J connectivity index is 2.28. The van der Waals surface area contributed by atoms with Crippen LogP contribution in [-0.2, 0) is 10.2 Å². The van der Waals surface area contributed by atoms with Gasteiger partial charge in [-0.05, 0) is 31.0 Å². The van der Waals surface area contributed by atoms with Crippen molar-refractivity contribution in [2.24, 2.45) is 0 Å². The summed E-state index contributed by atoms with van der Waals surface area (Å²) < 4.78 is 41.2. The third kappa shape index (κ3) is 3.48. The second-order valence-corrected chi connectivity index (χ2v) is 6.03. The van der Waals surface area contributed by atoms with E-state index in [9.17, 15) is 12.8 Å². The van der Waals surface area contributed by atoms with E-state index in [2.05, 4.69) is 16.6 Å². The first kappa shape index (κ1) is 14.8. The van der Waals surface area contributed by atoms with Crippen LogP contribution in [0, 0.1) is 17.7 Å². The molecule has 0 atom stereocenters. The van der Waals surface area contributed by atoms with Crippen molar-refractivity contribution < 1.29 is 17.9 Å². The summed E-state index contributed by atoms with van der Waals surface area (Å²) >= 11 is 0. The van der Waals surface area contributed by atoms with Crippen molar-refractivity contribution in [2.75, 3.05) is 24.4 Å². The normalized spacial score (nSPS) is 15.7. The summed E-state index contributed by atoms with van der Waals surface area (Å²) in [6, 6.07) is 3.61. The molecule has 0 amide bonds. The van der Waals surface area contributed by atoms with Gasteiger partial charge in [0.25, 0.3) is 0 Å². The summed E-state index contributed by atoms with van der Waals surface area (Å²) in [6.07, 6.45) is 1.67. The Morgan fingerprint density at radius 3 is 2.70 bits per heavy atom. The third-order valence-corrected chi connectivity index (χ3v) is 4.45. The molecule has 0 bridgehead atoms. The standard InChI is InChI=1S/C13H15FN2O3S/c14-12-5-6-13(11(10-12)4-3-9-17)15-20(18,19)16-7-1-2-8-16/h5-6,10,15,17H,1-2,7-9H2. The Morgan fingerprint density at radius 1 is 1.35 bits per heavy atom. The summed E-state index contributed by atoms with van der Waals surface area (Å²) in [6.45, 7) is 0.581. The molecule has 2 rings (SSSR count). The average Bonchev–Trinajstić information content (AvgIpc) is 2.93. The minimum absolute atomic E-state index is 0.196. The molecule has 108 valence electrons. The monoisotopic (exact) mass is 298 g/mol. The zero-order chi connectivity index (χ0) is 14.6. The lowest BCUT2D eigenvalue weighted by molar-refractivity contribution is 0.350. The van der Waals surface area contributed by atoms with Gasteiger partial charge in [0, 0.05) is 13.1 Å². The molecule has 0 saturated carbocycles. The van der Waals surface area contributed by atoms with Crippen LogP contribution < -0.4 is 4.72 Å². The summed E-state index contributed by atoms with van der Waals surface area (Å²) in [4.78, 5) is 0. The van der Waals surface area contributed by atoms with Gasteiger partial charge in [0.2, 0.25) is 0 Å². The first-order valence-electron chi connectivity index (χ1n) is 6.20. The molecule has 7 heteroatoms. The number of rotatable bonds is 3. The predicted octanol–water partition coefficient (Wildman–Crippen LogP) is 0.922. The first-order chi connectivity index (χ1) is 9.53. The molecule has 20 heavy (non-hydrogen) atoms. The number of nitrogens with zero attached hydrogens (tertiary/aromatic N) is 1. The van der Waals surface area contributed by atoms with Crippen molar-refractivity contribution in [2.45, 2.75) is 12.8 Å². The summed E-state index contributed by atoms with van der Waals surface area (Å²) in [7, 11) is -3.64. The molecule has 1 aliphatic heterocycles. The van der Waals surface area contributed by atoms with Crippen LogP contribution in [-0.4, -0.2) is 37.5 Å². The lowest BCUT2D eigenvalue weighted by Gasteiger charge is -2.17. The number of hydrogen-bond acceptors (Lipinski definition) is 3. The minimum atomic E-state index is -3.64. The van der Waals surface area contributed by atoms with Gasteiger partial charge in [-0.1, -0.05) is 11.8 Å². The largest absolute Gasteiger partial charge is 0.384 e. The van der Waals surface area contributed by atoms with Gasteiger partial charge in [-0.25, -0.2) is 4.39 Å². The molecule has 5 nitrogen and oxygen atoms in total. The number of nitrogens with one attached hydrogen (secondary N) is 1. The maximum absolute atomic E-state index is 13.2. The van der Waals surface area contributed by atoms with Gasteiger partial charge in [-0.3, -0.25) is 4.72 Å². The van der Waals surface area contributed by atoms with Crippen LogP contribution in [0.5, 0.6) is 0 Å². The maximum Gasteiger partial charge on any atom is 0.301 e. The number of aliphatic hydroxyl groups excluding tert-OH is 1. The van der Waals surface area contributed by atoms with Crippen molar-refractivity contribution in [1.82, 2.24) is 4.31 Å². The fourth-order valence-electron chi connectivity index (χ4n) is 1.98. The SMILES string of the molecule is O=S(=O)(Nc1ccc(F)cc1C#CCO)N1CCCC1. The van der Waals surface area contributed by atoms with E-state index in [1.54, 1.807) is 0 Å². The number of halogens is 1. The molecule has 0 spiro atoms. The molecule has 0 aromatic heterocycles. The minimum Gasteiger partial charge on any atom is -0.384 e. The van der Waals surface area contributed by atoms with Crippen molar-refractivity contribution >= 4 is 15.9 Å². The molecule has 1 aromatic rings. The molecule has 0 unspecified atom stereocenters. The lowest BCUT2D eigenvalue weighted by atomic mass is 10.2. The van der Waals surface area contributed by atoms with Crippen molar-refractivity contribution in [3.05, 3.63) is 29.6 Å². The Hall–Kier alpha value is -1.62. The molecule has 1 heterocycles. The fraction of sp³-hybridized carbons (Fsp3) is 0.385. The van der Waals surface area contributed by atoms with Crippen LogP contribution in [0.15, 0.2) is 18.2 Å². The molecular weight excluding hydrogens is 283 g/mol. The highest BCUT2D eigenvalue weighted by Gasteiger charge is 2.25. The van der Waals surface area contributed by atoms with Crippen LogP contribution in [0.25, 0.3) is 0 Å².